The van der Waals surface area contributed by atoms with Gasteiger partial charge in [0.25, 0.3) is 5.91 Å². The summed E-state index contributed by atoms with van der Waals surface area (Å²) in [6.07, 6.45) is 1.36. The number of hydrogen-bond donors (Lipinski definition) is 2. The predicted octanol–water partition coefficient (Wildman–Crippen LogP) is 0.162. The fourth-order valence-electron chi connectivity index (χ4n) is 0.647. The van der Waals surface area contributed by atoms with Gasteiger partial charge in [-0.2, -0.15) is 15.4 Å². The van der Waals surface area contributed by atoms with Crippen molar-refractivity contribution in [2.24, 2.45) is 0 Å². The Kier molecular flexibility index (Phi) is 3.04. The number of rotatable bonds is 3. The van der Waals surface area contributed by atoms with E-state index < -0.39 is 0 Å². The number of aromatic amines is 1. The predicted molar refractivity (Wildman–Crippen MR) is 44.0 cm³/mol. The lowest BCUT2D eigenvalue weighted by Gasteiger charge is -2.07. The van der Waals surface area contributed by atoms with Crippen LogP contribution in [0.4, 0.5) is 0 Å². The van der Waals surface area contributed by atoms with Gasteiger partial charge in [0.2, 0.25) is 0 Å². The van der Waals surface area contributed by atoms with Crippen LogP contribution in [0.5, 0.6) is 0 Å². The molecule has 1 aromatic rings. The second-order valence-electron chi connectivity index (χ2n) is 2.38. The van der Waals surface area contributed by atoms with E-state index in [9.17, 15) is 4.79 Å². The van der Waals surface area contributed by atoms with E-state index in [0.717, 1.165) is 0 Å². The summed E-state index contributed by atoms with van der Waals surface area (Å²) in [6, 6.07) is -0.0594. The number of nitrogens with one attached hydrogen (secondary N) is 2. The molecule has 0 aromatic carbocycles. The van der Waals surface area contributed by atoms with Crippen molar-refractivity contribution in [3.05, 3.63) is 11.9 Å². The molecular weight excluding hydrogens is 180 g/mol. The van der Waals surface area contributed by atoms with E-state index in [-0.39, 0.29) is 17.6 Å². The normalized spacial score (nSPS) is 12.5. The van der Waals surface area contributed by atoms with Crippen LogP contribution in [0, 0.1) is 0 Å². The van der Waals surface area contributed by atoms with Crippen molar-refractivity contribution < 1.29 is 4.79 Å². The molecule has 5 nitrogen and oxygen atoms in total. The van der Waals surface area contributed by atoms with Gasteiger partial charge in [0.05, 0.1) is 6.20 Å². The fourth-order valence-corrected chi connectivity index (χ4v) is 0.724. The number of nitrogens with zero attached hydrogens (tertiary/aromatic N) is 2. The van der Waals surface area contributed by atoms with Gasteiger partial charge in [-0.15, -0.1) is 11.6 Å². The molecule has 0 spiro atoms. The maximum absolute atomic E-state index is 11.2. The molecule has 66 valence electrons. The zero-order valence-electron chi connectivity index (χ0n) is 6.54. The number of H-pyrrole nitrogens is 1. The SMILES string of the molecule is CC(CCl)NC(=O)c1cn[nH]n1. The van der Waals surface area contributed by atoms with Crippen molar-refractivity contribution in [1.82, 2.24) is 20.7 Å². The minimum atomic E-state index is -0.267. The third-order valence-corrected chi connectivity index (χ3v) is 1.72. The van der Waals surface area contributed by atoms with E-state index in [1.165, 1.54) is 6.20 Å². The highest BCUT2D eigenvalue weighted by atomic mass is 35.5. The first-order valence-corrected chi connectivity index (χ1v) is 4.00. The minimum Gasteiger partial charge on any atom is -0.347 e. The van der Waals surface area contributed by atoms with Gasteiger partial charge in [-0.25, -0.2) is 0 Å². The second-order valence-corrected chi connectivity index (χ2v) is 2.69. The summed E-state index contributed by atoms with van der Waals surface area (Å²) in [5.41, 5.74) is 0.270. The summed E-state index contributed by atoms with van der Waals surface area (Å²) in [6.45, 7) is 1.81. The summed E-state index contributed by atoms with van der Waals surface area (Å²) < 4.78 is 0. The lowest BCUT2D eigenvalue weighted by molar-refractivity contribution is 0.0938. The first kappa shape index (κ1) is 8.99. The van der Waals surface area contributed by atoms with Crippen molar-refractivity contribution in [3.8, 4) is 0 Å². The van der Waals surface area contributed by atoms with Crippen molar-refractivity contribution in [1.29, 1.82) is 0 Å². The standard InChI is InChI=1S/C6H9ClN4O/c1-4(2-7)9-6(12)5-3-8-11-10-5/h3-4H,2H2,1H3,(H,9,12)(H,8,10,11). The first-order valence-electron chi connectivity index (χ1n) is 3.46. The lowest BCUT2D eigenvalue weighted by Crippen LogP contribution is -2.33. The highest BCUT2D eigenvalue weighted by Gasteiger charge is 2.10. The van der Waals surface area contributed by atoms with E-state index in [4.69, 9.17) is 11.6 Å². The van der Waals surface area contributed by atoms with Crippen molar-refractivity contribution in [2.75, 3.05) is 5.88 Å². The monoisotopic (exact) mass is 188 g/mol. The molecular formula is C6H9ClN4O. The Balaban J connectivity index is 2.50. The lowest BCUT2D eigenvalue weighted by atomic mass is 10.3. The average molecular weight is 189 g/mol. The van der Waals surface area contributed by atoms with Crippen molar-refractivity contribution in [3.63, 3.8) is 0 Å². The van der Waals surface area contributed by atoms with Crippen molar-refractivity contribution in [2.45, 2.75) is 13.0 Å². The smallest absolute Gasteiger partial charge is 0.273 e. The van der Waals surface area contributed by atoms with E-state index in [2.05, 4.69) is 20.7 Å². The molecule has 1 atom stereocenters. The molecule has 0 saturated heterocycles. The van der Waals surface area contributed by atoms with Gasteiger partial charge in [0.1, 0.15) is 0 Å². The van der Waals surface area contributed by atoms with Crippen LogP contribution in [-0.4, -0.2) is 33.2 Å². The zero-order chi connectivity index (χ0) is 8.97. The maximum atomic E-state index is 11.2. The summed E-state index contributed by atoms with van der Waals surface area (Å²) in [5, 5.41) is 12.1. The summed E-state index contributed by atoms with van der Waals surface area (Å²) in [4.78, 5) is 11.2. The van der Waals surface area contributed by atoms with E-state index in [0.29, 0.717) is 5.88 Å². The molecule has 0 fully saturated rings. The van der Waals surface area contributed by atoms with Crippen LogP contribution >= 0.6 is 11.6 Å². The third-order valence-electron chi connectivity index (χ3n) is 1.26. The van der Waals surface area contributed by atoms with Crippen LogP contribution in [-0.2, 0) is 0 Å². The van der Waals surface area contributed by atoms with Gasteiger partial charge in [0, 0.05) is 11.9 Å². The summed E-state index contributed by atoms with van der Waals surface area (Å²) in [7, 11) is 0. The number of carbonyl (C=O) groups excluding carboxylic acids is 1. The number of amides is 1. The molecule has 1 rings (SSSR count). The van der Waals surface area contributed by atoms with Crippen LogP contribution < -0.4 is 5.32 Å². The van der Waals surface area contributed by atoms with Crippen molar-refractivity contribution >= 4 is 17.5 Å². The first-order chi connectivity index (χ1) is 5.74. The Morgan fingerprint density at radius 3 is 3.17 bits per heavy atom. The molecule has 1 unspecified atom stereocenters. The fraction of sp³-hybridized carbons (Fsp3) is 0.500. The Bertz CT molecular complexity index is 248. The van der Waals surface area contributed by atoms with Crippen LogP contribution in [0.3, 0.4) is 0 Å². The van der Waals surface area contributed by atoms with Gasteiger partial charge in [0.15, 0.2) is 5.69 Å². The Morgan fingerprint density at radius 2 is 2.67 bits per heavy atom. The number of aromatic nitrogens is 3. The largest absolute Gasteiger partial charge is 0.347 e. The Hall–Kier alpha value is -1.10. The molecule has 1 heterocycles. The number of carbonyl (C=O) groups is 1. The number of hydrogen-bond acceptors (Lipinski definition) is 3. The van der Waals surface area contributed by atoms with E-state index in [1.807, 2.05) is 6.92 Å². The zero-order valence-corrected chi connectivity index (χ0v) is 7.30. The molecule has 0 aliphatic heterocycles. The highest BCUT2D eigenvalue weighted by molar-refractivity contribution is 6.18. The topological polar surface area (TPSA) is 70.7 Å². The molecule has 6 heteroatoms. The van der Waals surface area contributed by atoms with Crippen LogP contribution in [0.15, 0.2) is 6.20 Å². The summed E-state index contributed by atoms with van der Waals surface area (Å²) in [5.74, 6) is 0.112. The van der Waals surface area contributed by atoms with Gasteiger partial charge in [-0.1, -0.05) is 0 Å². The molecule has 1 amide bonds. The van der Waals surface area contributed by atoms with Crippen LogP contribution in [0.2, 0.25) is 0 Å². The minimum absolute atomic E-state index is 0.0594. The molecule has 0 saturated carbocycles. The highest BCUT2D eigenvalue weighted by Crippen LogP contribution is 1.91. The molecule has 0 bridgehead atoms. The molecule has 0 aliphatic carbocycles. The quantitative estimate of drug-likeness (QED) is 0.664. The van der Waals surface area contributed by atoms with Gasteiger partial charge in [-0.3, -0.25) is 4.79 Å². The number of alkyl halides is 1. The molecule has 0 aliphatic rings. The van der Waals surface area contributed by atoms with Gasteiger partial charge >= 0.3 is 0 Å². The van der Waals surface area contributed by atoms with E-state index >= 15 is 0 Å². The van der Waals surface area contributed by atoms with Gasteiger partial charge in [-0.05, 0) is 6.92 Å². The van der Waals surface area contributed by atoms with Crippen LogP contribution in [0.1, 0.15) is 17.4 Å². The molecule has 1 aromatic heterocycles. The van der Waals surface area contributed by atoms with E-state index in [1.54, 1.807) is 0 Å². The second kappa shape index (κ2) is 4.06. The molecule has 0 radical (unpaired) electrons. The summed E-state index contributed by atoms with van der Waals surface area (Å²) >= 11 is 5.50. The Morgan fingerprint density at radius 1 is 1.92 bits per heavy atom. The maximum Gasteiger partial charge on any atom is 0.273 e. The third kappa shape index (κ3) is 2.20. The molecule has 12 heavy (non-hydrogen) atoms. The Labute approximate surface area is 74.5 Å². The average Bonchev–Trinajstić information content (AvgIpc) is 2.56. The number of halogens is 1. The van der Waals surface area contributed by atoms with Crippen LogP contribution in [0.25, 0.3) is 0 Å². The molecule has 2 N–H and O–H groups in total. The van der Waals surface area contributed by atoms with Gasteiger partial charge < -0.3 is 5.32 Å².